The number of ether oxygens (including phenoxy) is 2. The summed E-state index contributed by atoms with van der Waals surface area (Å²) in [5.74, 6) is -5.60. The first-order valence-corrected chi connectivity index (χ1v) is 14.9. The van der Waals surface area contributed by atoms with Crippen molar-refractivity contribution in [2.75, 3.05) is 31.8 Å². The zero-order chi connectivity index (χ0) is 35.2. The van der Waals surface area contributed by atoms with E-state index in [4.69, 9.17) is 9.47 Å². The normalized spacial score (nSPS) is 15.8. The van der Waals surface area contributed by atoms with Crippen LogP contribution in [0.1, 0.15) is 16.1 Å². The summed E-state index contributed by atoms with van der Waals surface area (Å²) in [4.78, 5) is 44.0. The maximum Gasteiger partial charge on any atom is 0.411 e. The van der Waals surface area contributed by atoms with Crippen LogP contribution in [-0.4, -0.2) is 76.1 Å². The number of imidazole rings is 1. The number of nitrogens with one attached hydrogen (secondary N) is 1. The van der Waals surface area contributed by atoms with Gasteiger partial charge in [0.1, 0.15) is 40.7 Å². The lowest BCUT2D eigenvalue weighted by molar-refractivity contribution is -0.167. The van der Waals surface area contributed by atoms with E-state index in [1.54, 1.807) is 37.4 Å². The number of alkyl halides is 3. The van der Waals surface area contributed by atoms with Crippen molar-refractivity contribution in [2.24, 2.45) is 7.05 Å². The number of hydrogen-bond donors (Lipinski definition) is 2. The van der Waals surface area contributed by atoms with Crippen LogP contribution in [0.25, 0.3) is 27.7 Å². The number of anilines is 1. The molecule has 256 valence electrons. The predicted molar refractivity (Wildman–Crippen MR) is 167 cm³/mol. The zero-order valence-corrected chi connectivity index (χ0v) is 25.9. The van der Waals surface area contributed by atoms with E-state index in [9.17, 15) is 32.7 Å². The summed E-state index contributed by atoms with van der Waals surface area (Å²) >= 11 is 0. The Bertz CT molecular complexity index is 2140. The highest BCUT2D eigenvalue weighted by atomic mass is 19.4. The number of morpholine rings is 1. The average Bonchev–Trinajstić information content (AvgIpc) is 3.56. The molecule has 2 N–H and O–H groups in total. The van der Waals surface area contributed by atoms with Gasteiger partial charge in [-0.1, -0.05) is 12.1 Å². The standard InChI is InChI=1S/C33H28F5N5O6/c1-41-24-6-4-3-5-19(24)28(48-2)26(31(41)45)20-8-7-17(43-10-9-39-29(20)43)15-23(32(46)47)40-30(44)27-21(34)13-18(14-22(27)35)42-11-12-49-16-25(42)33(36,37)38/h3-10,13-14,23,25H,11-12,15-16H2,1-2H3,(H,40,44)(H,46,47). The lowest BCUT2D eigenvalue weighted by Gasteiger charge is -2.38. The molecule has 11 nitrogen and oxygen atoms in total. The molecule has 4 heterocycles. The molecule has 0 saturated carbocycles. The maximum atomic E-state index is 15.2. The molecule has 49 heavy (non-hydrogen) atoms. The number of carbonyl (C=O) groups excluding carboxylic acids is 1. The molecule has 0 radical (unpaired) electrons. The minimum absolute atomic E-state index is 0.115. The van der Waals surface area contributed by atoms with Crippen LogP contribution in [0.5, 0.6) is 5.75 Å². The minimum atomic E-state index is -4.76. The van der Waals surface area contributed by atoms with Crippen molar-refractivity contribution in [3.05, 3.63) is 94.2 Å². The van der Waals surface area contributed by atoms with Gasteiger partial charge in [-0.3, -0.25) is 9.59 Å². The first-order valence-electron chi connectivity index (χ1n) is 14.9. The fourth-order valence-corrected chi connectivity index (χ4v) is 6.11. The Balaban J connectivity index is 1.31. The number of nitrogens with zero attached hydrogens (tertiary/aromatic N) is 4. The largest absolute Gasteiger partial charge is 0.495 e. The number of aromatic nitrogens is 3. The quantitative estimate of drug-likeness (QED) is 0.231. The van der Waals surface area contributed by atoms with Gasteiger partial charge in [0.05, 0.1) is 31.4 Å². The van der Waals surface area contributed by atoms with E-state index < -0.39 is 59.6 Å². The summed E-state index contributed by atoms with van der Waals surface area (Å²) in [5, 5.41) is 12.7. The first-order chi connectivity index (χ1) is 23.3. The molecule has 0 bridgehead atoms. The molecule has 2 aromatic carbocycles. The fraction of sp³-hybridized carbons (Fsp3) is 0.273. The molecule has 16 heteroatoms. The molecule has 3 aromatic heterocycles. The molecule has 1 aliphatic rings. The SMILES string of the molecule is COc1c(-c2ccc(CC(NC(=O)c3c(F)cc(N4CCOCC4C(F)(F)F)cc3F)C(=O)O)n3ccnc23)c(=O)n(C)c2ccccc12. The van der Waals surface area contributed by atoms with Gasteiger partial charge in [-0.05, 0) is 36.4 Å². The summed E-state index contributed by atoms with van der Waals surface area (Å²) in [6.45, 7) is -1.16. The van der Waals surface area contributed by atoms with Crippen molar-refractivity contribution in [2.45, 2.75) is 24.7 Å². The van der Waals surface area contributed by atoms with Gasteiger partial charge in [0.25, 0.3) is 11.5 Å². The number of rotatable bonds is 8. The Hall–Kier alpha value is -5.51. The van der Waals surface area contributed by atoms with Crippen LogP contribution in [0.4, 0.5) is 27.6 Å². The Morgan fingerprint density at radius 1 is 1.14 bits per heavy atom. The number of carbonyl (C=O) groups is 2. The third-order valence-electron chi connectivity index (χ3n) is 8.47. The Morgan fingerprint density at radius 2 is 1.86 bits per heavy atom. The number of methoxy groups -OCH3 is 1. The van der Waals surface area contributed by atoms with Crippen molar-refractivity contribution in [3.8, 4) is 16.9 Å². The van der Waals surface area contributed by atoms with Crippen LogP contribution in [0.15, 0.2) is 65.7 Å². The summed E-state index contributed by atoms with van der Waals surface area (Å²) in [7, 11) is 3.05. The van der Waals surface area contributed by atoms with Gasteiger partial charge in [0.2, 0.25) is 0 Å². The van der Waals surface area contributed by atoms with Crippen molar-refractivity contribution >= 4 is 34.1 Å². The molecular weight excluding hydrogens is 657 g/mol. The highest BCUT2D eigenvalue weighted by Gasteiger charge is 2.46. The van der Waals surface area contributed by atoms with Crippen LogP contribution in [0.3, 0.4) is 0 Å². The van der Waals surface area contributed by atoms with Gasteiger partial charge < -0.3 is 33.8 Å². The molecular formula is C33H28F5N5O6. The number of halogens is 5. The molecule has 1 aliphatic heterocycles. The van der Waals surface area contributed by atoms with Gasteiger partial charge >= 0.3 is 12.1 Å². The highest BCUT2D eigenvalue weighted by Crippen LogP contribution is 2.36. The molecule has 2 atom stereocenters. The van der Waals surface area contributed by atoms with Crippen LogP contribution < -0.4 is 20.5 Å². The number of hydrogen-bond acceptors (Lipinski definition) is 7. The van der Waals surface area contributed by atoms with Crippen LogP contribution in [0, 0.1) is 11.6 Å². The second kappa shape index (κ2) is 12.8. The third kappa shape index (κ3) is 6.03. The van der Waals surface area contributed by atoms with E-state index in [0.717, 1.165) is 4.90 Å². The number of para-hydroxylation sites is 1. The van der Waals surface area contributed by atoms with E-state index in [-0.39, 0.29) is 36.3 Å². The van der Waals surface area contributed by atoms with Gasteiger partial charge in [-0.15, -0.1) is 0 Å². The number of carboxylic acid groups (broad SMARTS) is 1. The summed E-state index contributed by atoms with van der Waals surface area (Å²) < 4.78 is 84.5. The molecule has 2 unspecified atom stereocenters. The van der Waals surface area contributed by atoms with Gasteiger partial charge in [0, 0.05) is 54.7 Å². The second-order valence-electron chi connectivity index (χ2n) is 11.3. The molecule has 1 fully saturated rings. The summed E-state index contributed by atoms with van der Waals surface area (Å²) in [6, 6.07) is 7.57. The average molecular weight is 686 g/mol. The monoisotopic (exact) mass is 685 g/mol. The molecule has 6 rings (SSSR count). The van der Waals surface area contributed by atoms with Gasteiger partial charge in [0.15, 0.2) is 0 Å². The topological polar surface area (TPSA) is 127 Å². The third-order valence-corrected chi connectivity index (χ3v) is 8.47. The van der Waals surface area contributed by atoms with E-state index in [0.29, 0.717) is 40.0 Å². The summed E-state index contributed by atoms with van der Waals surface area (Å²) in [5.41, 5.74) is -0.178. The molecule has 0 spiro atoms. The number of aryl methyl sites for hydroxylation is 1. The van der Waals surface area contributed by atoms with Crippen molar-refractivity contribution in [3.63, 3.8) is 0 Å². The number of fused-ring (bicyclic) bond motifs is 2. The molecule has 5 aromatic rings. The second-order valence-corrected chi connectivity index (χ2v) is 11.3. The van der Waals surface area contributed by atoms with Crippen molar-refractivity contribution in [1.29, 1.82) is 0 Å². The maximum absolute atomic E-state index is 15.2. The molecule has 1 amide bonds. The van der Waals surface area contributed by atoms with Crippen molar-refractivity contribution < 1.29 is 46.1 Å². The molecule has 0 aliphatic carbocycles. The Labute approximate surface area is 274 Å². The van der Waals surface area contributed by atoms with Crippen LogP contribution in [-0.2, 0) is 23.0 Å². The Kier molecular flexibility index (Phi) is 8.75. The lowest BCUT2D eigenvalue weighted by Crippen LogP contribution is -2.53. The highest BCUT2D eigenvalue weighted by molar-refractivity contribution is 5.98. The van der Waals surface area contributed by atoms with Crippen LogP contribution in [0.2, 0.25) is 0 Å². The lowest BCUT2D eigenvalue weighted by atomic mass is 10.0. The number of benzene rings is 2. The number of aliphatic carboxylic acids is 1. The van der Waals surface area contributed by atoms with Gasteiger partial charge in [-0.2, -0.15) is 13.2 Å². The fourth-order valence-electron chi connectivity index (χ4n) is 6.11. The van der Waals surface area contributed by atoms with E-state index in [2.05, 4.69) is 10.3 Å². The zero-order valence-electron chi connectivity index (χ0n) is 25.9. The number of carboxylic acids is 1. The number of pyridine rings is 2. The van der Waals surface area contributed by atoms with E-state index in [1.165, 1.54) is 34.5 Å². The van der Waals surface area contributed by atoms with Crippen LogP contribution >= 0.6 is 0 Å². The van der Waals surface area contributed by atoms with Crippen molar-refractivity contribution in [1.82, 2.24) is 19.3 Å². The minimum Gasteiger partial charge on any atom is -0.495 e. The molecule has 1 saturated heterocycles. The Morgan fingerprint density at radius 3 is 2.53 bits per heavy atom. The number of amides is 1. The van der Waals surface area contributed by atoms with Gasteiger partial charge in [-0.25, -0.2) is 18.6 Å². The first kappa shape index (κ1) is 33.4. The predicted octanol–water partition coefficient (Wildman–Crippen LogP) is 4.33. The summed E-state index contributed by atoms with van der Waals surface area (Å²) in [6.07, 6.45) is -2.19. The van der Waals surface area contributed by atoms with E-state index >= 15 is 8.78 Å². The van der Waals surface area contributed by atoms with E-state index in [1.807, 2.05) is 0 Å². The smallest absolute Gasteiger partial charge is 0.411 e.